The summed E-state index contributed by atoms with van der Waals surface area (Å²) in [4.78, 5) is 18.2. The van der Waals surface area contributed by atoms with Gasteiger partial charge in [-0.3, -0.25) is 10.1 Å². The lowest BCUT2D eigenvalue weighted by atomic mass is 9.85. The molecule has 1 heterocycles. The fourth-order valence-electron chi connectivity index (χ4n) is 2.17. The second-order valence-corrected chi connectivity index (χ2v) is 6.20. The van der Waals surface area contributed by atoms with Crippen molar-refractivity contribution >= 4 is 17.5 Å². The topological polar surface area (TPSA) is 165 Å². The van der Waals surface area contributed by atoms with Crippen LogP contribution in [-0.2, 0) is 5.41 Å². The Labute approximate surface area is 137 Å². The van der Waals surface area contributed by atoms with Crippen LogP contribution >= 0.6 is 0 Å². The van der Waals surface area contributed by atoms with Crippen LogP contribution in [0.15, 0.2) is 12.1 Å². The quantitative estimate of drug-likeness (QED) is 0.556. The van der Waals surface area contributed by atoms with E-state index >= 15 is 0 Å². The van der Waals surface area contributed by atoms with Crippen LogP contribution in [0.25, 0.3) is 11.3 Å². The van der Waals surface area contributed by atoms with Crippen molar-refractivity contribution in [1.82, 2.24) is 9.97 Å². The van der Waals surface area contributed by atoms with Crippen LogP contribution < -0.4 is 11.5 Å². The monoisotopic (exact) mass is 328 g/mol. The minimum atomic E-state index is -0.700. The van der Waals surface area contributed by atoms with E-state index in [1.807, 2.05) is 26.8 Å². The van der Waals surface area contributed by atoms with E-state index in [2.05, 4.69) is 9.97 Å². The number of nitrogen functional groups attached to an aromatic ring is 2. The van der Waals surface area contributed by atoms with Crippen LogP contribution in [-0.4, -0.2) is 20.0 Å². The first kappa shape index (κ1) is 17.0. The van der Waals surface area contributed by atoms with E-state index in [4.69, 9.17) is 11.5 Å². The molecule has 0 atom stereocenters. The Morgan fingerprint density at radius 1 is 1.29 bits per heavy atom. The summed E-state index contributed by atoms with van der Waals surface area (Å²) in [5.41, 5.74) is 10.7. The third kappa shape index (κ3) is 2.89. The van der Waals surface area contributed by atoms with Gasteiger partial charge < -0.3 is 16.6 Å². The van der Waals surface area contributed by atoms with Gasteiger partial charge in [0.05, 0.1) is 16.2 Å². The van der Waals surface area contributed by atoms with Gasteiger partial charge in [-0.2, -0.15) is 10.2 Å². The summed E-state index contributed by atoms with van der Waals surface area (Å²) in [6.45, 7) is 5.59. The number of nitro benzene ring substituents is 1. The summed E-state index contributed by atoms with van der Waals surface area (Å²) >= 11 is 0. The Kier molecular flexibility index (Phi) is 4.00. The van der Waals surface area contributed by atoms with Gasteiger partial charge in [0.15, 0.2) is 0 Å². The average molecular weight is 328 g/mol. The number of nitro groups is 1. The third-order valence-corrected chi connectivity index (χ3v) is 3.47. The standard InChI is InChI=1S/C15H16N6O3/c1-15(2,3)7-4-8(12(22)10(5-7)21(23)24)11-9(6-16)13(17)20-14(18)19-11/h4-5,22H,1-3H3,(H4,17,18,19,20). The minimum Gasteiger partial charge on any atom is -0.502 e. The number of aromatic nitrogens is 2. The first-order chi connectivity index (χ1) is 11.1. The van der Waals surface area contributed by atoms with Crippen molar-refractivity contribution in [2.75, 3.05) is 11.5 Å². The molecule has 2 rings (SSSR count). The highest BCUT2D eigenvalue weighted by atomic mass is 16.6. The van der Waals surface area contributed by atoms with E-state index in [0.717, 1.165) is 0 Å². The molecule has 9 nitrogen and oxygen atoms in total. The van der Waals surface area contributed by atoms with Crippen molar-refractivity contribution < 1.29 is 10.0 Å². The highest BCUT2D eigenvalue weighted by Gasteiger charge is 2.27. The lowest BCUT2D eigenvalue weighted by molar-refractivity contribution is -0.385. The summed E-state index contributed by atoms with van der Waals surface area (Å²) in [6.07, 6.45) is 0. The van der Waals surface area contributed by atoms with Gasteiger partial charge in [0, 0.05) is 6.07 Å². The number of hydrogen-bond donors (Lipinski definition) is 3. The van der Waals surface area contributed by atoms with E-state index in [-0.39, 0.29) is 28.6 Å². The van der Waals surface area contributed by atoms with E-state index in [1.54, 1.807) is 0 Å². The number of benzene rings is 1. The minimum absolute atomic E-state index is 0.00600. The molecule has 0 aliphatic rings. The first-order valence-electron chi connectivity index (χ1n) is 6.91. The fourth-order valence-corrected chi connectivity index (χ4v) is 2.17. The molecule has 0 aliphatic heterocycles. The highest BCUT2D eigenvalue weighted by Crippen LogP contribution is 2.42. The van der Waals surface area contributed by atoms with E-state index in [1.165, 1.54) is 12.1 Å². The largest absolute Gasteiger partial charge is 0.502 e. The number of nitrogens with two attached hydrogens (primary N) is 2. The molecule has 0 saturated heterocycles. The number of aromatic hydroxyl groups is 1. The Bertz CT molecular complexity index is 880. The molecule has 0 saturated carbocycles. The molecule has 5 N–H and O–H groups in total. The summed E-state index contributed by atoms with van der Waals surface area (Å²) in [5, 5.41) is 30.9. The molecule has 124 valence electrons. The van der Waals surface area contributed by atoms with Crippen LogP contribution in [0.4, 0.5) is 17.5 Å². The van der Waals surface area contributed by atoms with Gasteiger partial charge in [-0.05, 0) is 17.0 Å². The smallest absolute Gasteiger partial charge is 0.311 e. The van der Waals surface area contributed by atoms with Crippen LogP contribution in [0.2, 0.25) is 0 Å². The SMILES string of the molecule is CC(C)(C)c1cc(-c2nc(N)nc(N)c2C#N)c(O)c([N+](=O)[O-])c1. The Hall–Kier alpha value is -3.41. The fraction of sp³-hybridized carbons (Fsp3) is 0.267. The molecule has 0 aliphatic carbocycles. The molecule has 0 fully saturated rings. The van der Waals surface area contributed by atoms with Crippen LogP contribution in [0.3, 0.4) is 0 Å². The van der Waals surface area contributed by atoms with Gasteiger partial charge in [0.25, 0.3) is 0 Å². The molecule has 1 aromatic heterocycles. The maximum atomic E-state index is 11.3. The summed E-state index contributed by atoms with van der Waals surface area (Å²) in [5.74, 6) is -0.977. The predicted molar refractivity (Wildman–Crippen MR) is 88.0 cm³/mol. The molecule has 2 aromatic rings. The number of anilines is 2. The zero-order valence-corrected chi connectivity index (χ0v) is 13.4. The molecule has 0 amide bonds. The molecule has 0 bridgehead atoms. The number of phenols is 1. The van der Waals surface area contributed by atoms with Crippen molar-refractivity contribution in [3.63, 3.8) is 0 Å². The van der Waals surface area contributed by atoms with Crippen molar-refractivity contribution in [2.45, 2.75) is 26.2 Å². The molecule has 9 heteroatoms. The van der Waals surface area contributed by atoms with Gasteiger partial charge in [-0.1, -0.05) is 20.8 Å². The van der Waals surface area contributed by atoms with Crippen LogP contribution in [0, 0.1) is 21.4 Å². The van der Waals surface area contributed by atoms with Gasteiger partial charge in [-0.15, -0.1) is 0 Å². The lowest BCUT2D eigenvalue weighted by Gasteiger charge is -2.20. The van der Waals surface area contributed by atoms with E-state index in [9.17, 15) is 20.5 Å². The zero-order valence-electron chi connectivity index (χ0n) is 13.4. The molecule has 1 aromatic carbocycles. The number of nitrogens with zero attached hydrogens (tertiary/aromatic N) is 4. The van der Waals surface area contributed by atoms with Crippen molar-refractivity contribution in [2.24, 2.45) is 0 Å². The second kappa shape index (κ2) is 5.66. The average Bonchev–Trinajstić information content (AvgIpc) is 2.45. The second-order valence-electron chi connectivity index (χ2n) is 6.20. The Morgan fingerprint density at radius 3 is 2.42 bits per heavy atom. The number of rotatable bonds is 2. The number of hydrogen-bond acceptors (Lipinski definition) is 8. The van der Waals surface area contributed by atoms with Crippen molar-refractivity contribution in [3.8, 4) is 23.1 Å². The van der Waals surface area contributed by atoms with Crippen LogP contribution in [0.1, 0.15) is 31.9 Å². The molecule has 0 radical (unpaired) electrons. The van der Waals surface area contributed by atoms with Gasteiger partial charge in [-0.25, -0.2) is 4.98 Å². The zero-order chi connectivity index (χ0) is 18.2. The third-order valence-electron chi connectivity index (χ3n) is 3.47. The van der Waals surface area contributed by atoms with Crippen molar-refractivity contribution in [3.05, 3.63) is 33.4 Å². The highest BCUT2D eigenvalue weighted by molar-refractivity contribution is 5.80. The summed E-state index contributed by atoms with van der Waals surface area (Å²) < 4.78 is 0. The molecule has 0 unspecified atom stereocenters. The van der Waals surface area contributed by atoms with Gasteiger partial charge >= 0.3 is 5.69 Å². The number of phenolic OH excluding ortho intramolecular Hbond substituents is 1. The maximum absolute atomic E-state index is 11.3. The summed E-state index contributed by atoms with van der Waals surface area (Å²) in [6, 6.07) is 4.66. The Balaban J connectivity index is 2.92. The predicted octanol–water partition coefficient (Wildman–Crippen LogP) is 2.09. The van der Waals surface area contributed by atoms with Gasteiger partial charge in [0.2, 0.25) is 11.7 Å². The van der Waals surface area contributed by atoms with E-state index < -0.39 is 21.8 Å². The van der Waals surface area contributed by atoms with Crippen molar-refractivity contribution in [1.29, 1.82) is 5.26 Å². The maximum Gasteiger partial charge on any atom is 0.311 e. The van der Waals surface area contributed by atoms with Crippen LogP contribution in [0.5, 0.6) is 5.75 Å². The van der Waals surface area contributed by atoms with E-state index in [0.29, 0.717) is 5.56 Å². The lowest BCUT2D eigenvalue weighted by Crippen LogP contribution is -2.12. The number of nitriles is 1. The first-order valence-corrected chi connectivity index (χ1v) is 6.91. The summed E-state index contributed by atoms with van der Waals surface area (Å²) in [7, 11) is 0. The molecule has 24 heavy (non-hydrogen) atoms. The molecule has 0 spiro atoms. The molecular weight excluding hydrogens is 312 g/mol. The normalized spacial score (nSPS) is 11.1. The van der Waals surface area contributed by atoms with Gasteiger partial charge in [0.1, 0.15) is 17.5 Å². The Morgan fingerprint density at radius 2 is 1.92 bits per heavy atom. The molecular formula is C15H16N6O3.